The van der Waals surface area contributed by atoms with Crippen molar-refractivity contribution in [3.05, 3.63) is 23.9 Å². The first-order valence-corrected chi connectivity index (χ1v) is 6.72. The van der Waals surface area contributed by atoms with Crippen LogP contribution in [-0.4, -0.2) is 31.3 Å². The molecule has 0 saturated carbocycles. The van der Waals surface area contributed by atoms with Crippen LogP contribution < -0.4 is 10.2 Å². The van der Waals surface area contributed by atoms with E-state index in [0.29, 0.717) is 18.3 Å². The number of rotatable bonds is 7. The highest BCUT2D eigenvalue weighted by Crippen LogP contribution is 2.22. The van der Waals surface area contributed by atoms with E-state index in [4.69, 9.17) is 0 Å². The highest BCUT2D eigenvalue weighted by molar-refractivity contribution is 5.45. The van der Waals surface area contributed by atoms with Gasteiger partial charge in [-0.1, -0.05) is 19.9 Å². The van der Waals surface area contributed by atoms with Gasteiger partial charge in [0.1, 0.15) is 5.82 Å². The molecule has 114 valence electrons. The van der Waals surface area contributed by atoms with Crippen LogP contribution in [0.3, 0.4) is 0 Å². The van der Waals surface area contributed by atoms with Gasteiger partial charge in [0.15, 0.2) is 0 Å². The summed E-state index contributed by atoms with van der Waals surface area (Å²) in [6.07, 6.45) is -3.37. The monoisotopic (exact) mass is 289 g/mol. The van der Waals surface area contributed by atoms with Gasteiger partial charge < -0.3 is 10.2 Å². The summed E-state index contributed by atoms with van der Waals surface area (Å²) in [5.41, 5.74) is 0.915. The summed E-state index contributed by atoms with van der Waals surface area (Å²) in [5.74, 6) is 1.13. The molecule has 1 heterocycles. The molecule has 0 fully saturated rings. The average molecular weight is 289 g/mol. The standard InChI is InChI=1S/C14H22F3N3/c1-11(2)9-18-10-12-5-4-7-19-13(12)20(3)8-6-14(15,16)17/h4-5,7,11,18H,6,8-10H2,1-3H3. The van der Waals surface area contributed by atoms with Crippen molar-refractivity contribution < 1.29 is 13.2 Å². The number of aromatic nitrogens is 1. The number of pyridine rings is 1. The first kappa shape index (κ1) is 16.8. The fraction of sp³-hybridized carbons (Fsp3) is 0.643. The Morgan fingerprint density at radius 1 is 1.35 bits per heavy atom. The second-order valence-electron chi connectivity index (χ2n) is 5.30. The largest absolute Gasteiger partial charge is 0.390 e. The van der Waals surface area contributed by atoms with Gasteiger partial charge in [0, 0.05) is 31.9 Å². The molecule has 6 heteroatoms. The van der Waals surface area contributed by atoms with Crippen LogP contribution in [0, 0.1) is 5.92 Å². The predicted octanol–water partition coefficient (Wildman–Crippen LogP) is 3.22. The van der Waals surface area contributed by atoms with Gasteiger partial charge in [-0.05, 0) is 18.5 Å². The minimum Gasteiger partial charge on any atom is -0.359 e. The molecular weight excluding hydrogens is 267 g/mol. The van der Waals surface area contributed by atoms with Crippen LogP contribution >= 0.6 is 0 Å². The maximum atomic E-state index is 12.3. The number of nitrogens with one attached hydrogen (secondary N) is 1. The third-order valence-corrected chi connectivity index (χ3v) is 2.83. The molecule has 1 N–H and O–H groups in total. The maximum Gasteiger partial charge on any atom is 0.390 e. The molecule has 1 aromatic heterocycles. The molecule has 0 aliphatic heterocycles. The summed E-state index contributed by atoms with van der Waals surface area (Å²) in [7, 11) is 1.64. The number of nitrogens with zero attached hydrogens (tertiary/aromatic N) is 2. The second kappa shape index (κ2) is 7.47. The van der Waals surface area contributed by atoms with Crippen LogP contribution in [0.15, 0.2) is 18.3 Å². The molecule has 0 aliphatic carbocycles. The minimum absolute atomic E-state index is 0.0856. The van der Waals surface area contributed by atoms with Crippen LogP contribution in [0.5, 0.6) is 0 Å². The summed E-state index contributed by atoms with van der Waals surface area (Å²) in [5, 5.41) is 3.28. The van der Waals surface area contributed by atoms with Gasteiger partial charge in [-0.15, -0.1) is 0 Å². The van der Waals surface area contributed by atoms with Gasteiger partial charge >= 0.3 is 6.18 Å². The zero-order chi connectivity index (χ0) is 15.2. The Balaban J connectivity index is 2.64. The van der Waals surface area contributed by atoms with Crippen molar-refractivity contribution in [2.24, 2.45) is 5.92 Å². The van der Waals surface area contributed by atoms with Gasteiger partial charge in [-0.2, -0.15) is 13.2 Å². The highest BCUT2D eigenvalue weighted by Gasteiger charge is 2.27. The third-order valence-electron chi connectivity index (χ3n) is 2.83. The van der Waals surface area contributed by atoms with Crippen molar-refractivity contribution in [1.29, 1.82) is 0 Å². The van der Waals surface area contributed by atoms with E-state index in [1.54, 1.807) is 24.2 Å². The highest BCUT2D eigenvalue weighted by atomic mass is 19.4. The molecule has 1 aromatic rings. The van der Waals surface area contributed by atoms with Gasteiger partial charge in [0.2, 0.25) is 0 Å². The molecule has 20 heavy (non-hydrogen) atoms. The lowest BCUT2D eigenvalue weighted by molar-refractivity contribution is -0.132. The van der Waals surface area contributed by atoms with Gasteiger partial charge in [-0.3, -0.25) is 0 Å². The number of hydrogen-bond acceptors (Lipinski definition) is 3. The molecule has 3 nitrogen and oxygen atoms in total. The topological polar surface area (TPSA) is 28.2 Å². The number of halogens is 3. The van der Waals surface area contributed by atoms with Crippen LogP contribution in [0.4, 0.5) is 19.0 Å². The smallest absolute Gasteiger partial charge is 0.359 e. The molecule has 0 unspecified atom stereocenters. The zero-order valence-corrected chi connectivity index (χ0v) is 12.2. The Morgan fingerprint density at radius 2 is 2.05 bits per heavy atom. The Labute approximate surface area is 118 Å². The van der Waals surface area contributed by atoms with Gasteiger partial charge in [0.25, 0.3) is 0 Å². The van der Waals surface area contributed by atoms with Crippen molar-refractivity contribution in [1.82, 2.24) is 10.3 Å². The third kappa shape index (κ3) is 6.23. The van der Waals surface area contributed by atoms with E-state index in [0.717, 1.165) is 12.1 Å². The van der Waals surface area contributed by atoms with Crippen molar-refractivity contribution in [3.63, 3.8) is 0 Å². The first-order valence-electron chi connectivity index (χ1n) is 6.72. The molecule has 0 atom stereocenters. The average Bonchev–Trinajstić information content (AvgIpc) is 2.35. The van der Waals surface area contributed by atoms with Crippen molar-refractivity contribution in [3.8, 4) is 0 Å². The fourth-order valence-corrected chi connectivity index (χ4v) is 1.81. The van der Waals surface area contributed by atoms with E-state index in [1.807, 2.05) is 6.07 Å². The molecule has 0 bridgehead atoms. The Bertz CT molecular complexity index is 405. The molecular formula is C14H22F3N3. The van der Waals surface area contributed by atoms with Crippen LogP contribution in [-0.2, 0) is 6.54 Å². The molecule has 1 rings (SSSR count). The molecule has 0 spiro atoms. The molecule has 0 aliphatic rings. The predicted molar refractivity (Wildman–Crippen MR) is 74.7 cm³/mol. The fourth-order valence-electron chi connectivity index (χ4n) is 1.81. The summed E-state index contributed by atoms with van der Waals surface area (Å²) in [4.78, 5) is 5.75. The van der Waals surface area contributed by atoms with Crippen LogP contribution in [0.25, 0.3) is 0 Å². The Kier molecular flexibility index (Phi) is 6.26. The van der Waals surface area contributed by atoms with Crippen LogP contribution in [0.1, 0.15) is 25.8 Å². The van der Waals surface area contributed by atoms with E-state index < -0.39 is 12.6 Å². The van der Waals surface area contributed by atoms with E-state index in [9.17, 15) is 13.2 Å². The van der Waals surface area contributed by atoms with Crippen molar-refractivity contribution in [2.75, 3.05) is 25.0 Å². The van der Waals surface area contributed by atoms with Gasteiger partial charge in [-0.25, -0.2) is 4.98 Å². The van der Waals surface area contributed by atoms with E-state index in [1.165, 1.54) is 0 Å². The lowest BCUT2D eigenvalue weighted by Crippen LogP contribution is -2.27. The van der Waals surface area contributed by atoms with Crippen molar-refractivity contribution in [2.45, 2.75) is 33.0 Å². The summed E-state index contributed by atoms with van der Waals surface area (Å²) >= 11 is 0. The number of anilines is 1. The van der Waals surface area contributed by atoms with E-state index in [-0.39, 0.29) is 6.54 Å². The summed E-state index contributed by atoms with van der Waals surface area (Å²) in [6.45, 7) is 5.59. The normalized spacial score (nSPS) is 11.9. The molecule has 0 aromatic carbocycles. The minimum atomic E-state index is -4.14. The zero-order valence-electron chi connectivity index (χ0n) is 12.2. The first-order chi connectivity index (χ1) is 9.29. The number of alkyl halides is 3. The quantitative estimate of drug-likeness (QED) is 0.835. The SMILES string of the molecule is CC(C)CNCc1cccnc1N(C)CCC(F)(F)F. The maximum absolute atomic E-state index is 12.3. The Hall–Kier alpha value is -1.30. The van der Waals surface area contributed by atoms with E-state index >= 15 is 0 Å². The van der Waals surface area contributed by atoms with Gasteiger partial charge in [0.05, 0.1) is 6.42 Å². The Morgan fingerprint density at radius 3 is 2.65 bits per heavy atom. The number of hydrogen-bond donors (Lipinski definition) is 1. The molecule has 0 saturated heterocycles. The molecule has 0 amide bonds. The summed E-state index contributed by atoms with van der Waals surface area (Å²) in [6, 6.07) is 3.69. The second-order valence-corrected chi connectivity index (χ2v) is 5.30. The van der Waals surface area contributed by atoms with Crippen LogP contribution in [0.2, 0.25) is 0 Å². The molecule has 0 radical (unpaired) electrons. The summed E-state index contributed by atoms with van der Waals surface area (Å²) < 4.78 is 36.8. The lowest BCUT2D eigenvalue weighted by Gasteiger charge is -2.22. The lowest BCUT2D eigenvalue weighted by atomic mass is 10.2. The van der Waals surface area contributed by atoms with E-state index in [2.05, 4.69) is 24.1 Å². The van der Waals surface area contributed by atoms with Crippen molar-refractivity contribution >= 4 is 5.82 Å².